The van der Waals surface area contributed by atoms with Gasteiger partial charge in [-0.1, -0.05) is 32.8 Å². The lowest BCUT2D eigenvalue weighted by Crippen LogP contribution is -2.29. The fourth-order valence-electron chi connectivity index (χ4n) is 1.94. The monoisotopic (exact) mass is 212 g/mol. The Morgan fingerprint density at radius 3 is 2.27 bits per heavy atom. The molecule has 0 aromatic heterocycles. The standard InChI is InChI=1S/C13H24O2/c1-4-7-8-9-10-11-13(5-2,6-3)12(14)15/h4H,1,5-11H2,2-3H3,(H,14,15). The second-order valence-corrected chi connectivity index (χ2v) is 4.18. The van der Waals surface area contributed by atoms with E-state index in [-0.39, 0.29) is 0 Å². The summed E-state index contributed by atoms with van der Waals surface area (Å²) in [5.41, 5.74) is -0.478. The van der Waals surface area contributed by atoms with Crippen molar-refractivity contribution >= 4 is 5.97 Å². The zero-order valence-corrected chi connectivity index (χ0v) is 10.1. The second-order valence-electron chi connectivity index (χ2n) is 4.18. The summed E-state index contributed by atoms with van der Waals surface area (Å²) in [5.74, 6) is -0.628. The highest BCUT2D eigenvalue weighted by Gasteiger charge is 2.33. The highest BCUT2D eigenvalue weighted by atomic mass is 16.4. The summed E-state index contributed by atoms with van der Waals surface area (Å²) in [6, 6.07) is 0. The summed E-state index contributed by atoms with van der Waals surface area (Å²) in [5, 5.41) is 9.21. The van der Waals surface area contributed by atoms with Crippen molar-refractivity contribution in [3.63, 3.8) is 0 Å². The number of aliphatic carboxylic acids is 1. The highest BCUT2D eigenvalue weighted by Crippen LogP contribution is 2.33. The summed E-state index contributed by atoms with van der Waals surface area (Å²) in [6.45, 7) is 7.62. The Balaban J connectivity index is 3.96. The van der Waals surface area contributed by atoms with Gasteiger partial charge in [0.15, 0.2) is 0 Å². The Hall–Kier alpha value is -0.790. The molecule has 0 rings (SSSR count). The van der Waals surface area contributed by atoms with Gasteiger partial charge in [-0.2, -0.15) is 0 Å². The molecular weight excluding hydrogens is 188 g/mol. The molecule has 88 valence electrons. The van der Waals surface area contributed by atoms with Crippen LogP contribution in [-0.4, -0.2) is 11.1 Å². The van der Waals surface area contributed by atoms with Gasteiger partial charge in [-0.15, -0.1) is 6.58 Å². The molecule has 0 fully saturated rings. The molecule has 1 N–H and O–H groups in total. The average Bonchev–Trinajstić information content (AvgIpc) is 2.23. The summed E-state index contributed by atoms with van der Waals surface area (Å²) in [4.78, 5) is 11.2. The molecule has 0 aromatic carbocycles. The van der Waals surface area contributed by atoms with Crippen molar-refractivity contribution in [2.24, 2.45) is 5.41 Å². The minimum atomic E-state index is -0.628. The first-order chi connectivity index (χ1) is 7.13. The van der Waals surface area contributed by atoms with Gasteiger partial charge in [0.1, 0.15) is 0 Å². The van der Waals surface area contributed by atoms with E-state index in [9.17, 15) is 9.90 Å². The third kappa shape index (κ3) is 4.50. The molecule has 0 saturated carbocycles. The highest BCUT2D eigenvalue weighted by molar-refractivity contribution is 5.74. The van der Waals surface area contributed by atoms with Crippen LogP contribution in [0.25, 0.3) is 0 Å². The molecular formula is C13H24O2. The van der Waals surface area contributed by atoms with Crippen LogP contribution in [0, 0.1) is 5.41 Å². The topological polar surface area (TPSA) is 37.3 Å². The van der Waals surface area contributed by atoms with Gasteiger partial charge in [-0.3, -0.25) is 4.79 Å². The van der Waals surface area contributed by atoms with E-state index in [0.717, 1.165) is 44.9 Å². The Morgan fingerprint density at radius 2 is 1.87 bits per heavy atom. The van der Waals surface area contributed by atoms with Gasteiger partial charge in [0.25, 0.3) is 0 Å². The second kappa shape index (κ2) is 7.49. The third-order valence-corrected chi connectivity index (χ3v) is 3.37. The van der Waals surface area contributed by atoms with Gasteiger partial charge >= 0.3 is 5.97 Å². The lowest BCUT2D eigenvalue weighted by atomic mass is 9.78. The quantitative estimate of drug-likeness (QED) is 0.463. The lowest BCUT2D eigenvalue weighted by molar-refractivity contribution is -0.150. The molecule has 0 radical (unpaired) electrons. The van der Waals surface area contributed by atoms with E-state index >= 15 is 0 Å². The van der Waals surface area contributed by atoms with Crippen LogP contribution in [0.3, 0.4) is 0 Å². The number of carboxylic acids is 1. The molecule has 0 aliphatic heterocycles. The van der Waals surface area contributed by atoms with E-state index in [2.05, 4.69) is 6.58 Å². The Labute approximate surface area is 93.4 Å². The van der Waals surface area contributed by atoms with Crippen LogP contribution < -0.4 is 0 Å². The summed E-state index contributed by atoms with van der Waals surface area (Å²) < 4.78 is 0. The van der Waals surface area contributed by atoms with Crippen molar-refractivity contribution in [1.29, 1.82) is 0 Å². The van der Waals surface area contributed by atoms with Crippen molar-refractivity contribution < 1.29 is 9.90 Å². The van der Waals surface area contributed by atoms with Crippen LogP contribution in [0.2, 0.25) is 0 Å². The van der Waals surface area contributed by atoms with E-state index in [1.807, 2.05) is 19.9 Å². The maximum atomic E-state index is 11.2. The molecule has 0 unspecified atom stereocenters. The van der Waals surface area contributed by atoms with E-state index in [0.29, 0.717) is 0 Å². The molecule has 2 heteroatoms. The molecule has 2 nitrogen and oxygen atoms in total. The van der Waals surface area contributed by atoms with Gasteiger partial charge in [0, 0.05) is 0 Å². The van der Waals surface area contributed by atoms with Crippen LogP contribution in [0.1, 0.15) is 58.8 Å². The zero-order chi connectivity index (χ0) is 11.7. The van der Waals surface area contributed by atoms with Crippen LogP contribution >= 0.6 is 0 Å². The number of unbranched alkanes of at least 4 members (excludes halogenated alkanes) is 3. The third-order valence-electron chi connectivity index (χ3n) is 3.37. The Bertz CT molecular complexity index is 193. The van der Waals surface area contributed by atoms with Gasteiger partial charge < -0.3 is 5.11 Å². The maximum Gasteiger partial charge on any atom is 0.309 e. The van der Waals surface area contributed by atoms with Crippen molar-refractivity contribution in [3.8, 4) is 0 Å². The van der Waals surface area contributed by atoms with Crippen molar-refractivity contribution in [1.82, 2.24) is 0 Å². The largest absolute Gasteiger partial charge is 0.481 e. The minimum Gasteiger partial charge on any atom is -0.481 e. The van der Waals surface area contributed by atoms with E-state index in [4.69, 9.17) is 0 Å². The Kier molecular flexibility index (Phi) is 7.10. The first-order valence-corrected chi connectivity index (χ1v) is 5.97. The smallest absolute Gasteiger partial charge is 0.309 e. The number of carbonyl (C=O) groups is 1. The Morgan fingerprint density at radius 1 is 1.27 bits per heavy atom. The molecule has 15 heavy (non-hydrogen) atoms. The minimum absolute atomic E-state index is 0.478. The number of carboxylic acid groups (broad SMARTS) is 1. The van der Waals surface area contributed by atoms with Gasteiger partial charge in [0.05, 0.1) is 5.41 Å². The predicted molar refractivity (Wildman–Crippen MR) is 63.9 cm³/mol. The number of hydrogen-bond donors (Lipinski definition) is 1. The van der Waals surface area contributed by atoms with Crippen molar-refractivity contribution in [2.75, 3.05) is 0 Å². The lowest BCUT2D eigenvalue weighted by Gasteiger charge is -2.26. The molecule has 0 atom stereocenters. The fourth-order valence-corrected chi connectivity index (χ4v) is 1.94. The molecule has 0 aromatic rings. The van der Waals surface area contributed by atoms with Crippen LogP contribution in [0.4, 0.5) is 0 Å². The molecule has 0 spiro atoms. The number of hydrogen-bond acceptors (Lipinski definition) is 1. The first-order valence-electron chi connectivity index (χ1n) is 5.97. The molecule has 0 aliphatic rings. The van der Waals surface area contributed by atoms with E-state index < -0.39 is 11.4 Å². The first kappa shape index (κ1) is 14.2. The molecule has 0 bridgehead atoms. The van der Waals surface area contributed by atoms with E-state index in [1.54, 1.807) is 0 Å². The SMILES string of the molecule is C=CCCCCCC(CC)(CC)C(=O)O. The number of allylic oxidation sites excluding steroid dienone is 1. The predicted octanol–water partition coefficient (Wildman–Crippen LogP) is 4.01. The van der Waals surface area contributed by atoms with Gasteiger partial charge in [-0.25, -0.2) is 0 Å². The summed E-state index contributed by atoms with van der Waals surface area (Å²) in [6.07, 6.45) is 8.50. The van der Waals surface area contributed by atoms with Crippen LogP contribution in [0.5, 0.6) is 0 Å². The molecule has 0 amide bonds. The summed E-state index contributed by atoms with van der Waals surface area (Å²) in [7, 11) is 0. The molecule has 0 aliphatic carbocycles. The van der Waals surface area contributed by atoms with Crippen molar-refractivity contribution in [2.45, 2.75) is 58.8 Å². The zero-order valence-electron chi connectivity index (χ0n) is 10.1. The van der Waals surface area contributed by atoms with Crippen LogP contribution in [-0.2, 0) is 4.79 Å². The molecule has 0 heterocycles. The van der Waals surface area contributed by atoms with Gasteiger partial charge in [-0.05, 0) is 32.1 Å². The maximum absolute atomic E-state index is 11.2. The molecule has 0 saturated heterocycles. The summed E-state index contributed by atoms with van der Waals surface area (Å²) >= 11 is 0. The fraction of sp³-hybridized carbons (Fsp3) is 0.769. The number of rotatable bonds is 9. The normalized spacial score (nSPS) is 11.3. The van der Waals surface area contributed by atoms with Crippen LogP contribution in [0.15, 0.2) is 12.7 Å². The van der Waals surface area contributed by atoms with Crippen molar-refractivity contribution in [3.05, 3.63) is 12.7 Å². The van der Waals surface area contributed by atoms with E-state index in [1.165, 1.54) is 0 Å². The average molecular weight is 212 g/mol. The van der Waals surface area contributed by atoms with Gasteiger partial charge in [0.2, 0.25) is 0 Å².